The first kappa shape index (κ1) is 28.4. The Morgan fingerprint density at radius 2 is 0.902 bits per heavy atom. The van der Waals surface area contributed by atoms with Crippen LogP contribution in [0.25, 0.3) is 55.3 Å². The van der Waals surface area contributed by atoms with Gasteiger partial charge >= 0.3 is 0 Å². The minimum atomic E-state index is -0.456. The van der Waals surface area contributed by atoms with Crippen LogP contribution in [0.15, 0.2) is 192 Å². The van der Waals surface area contributed by atoms with E-state index >= 15 is 0 Å². The molecular weight excluding hydrogens is 617 g/mol. The standard InChI is InChI=1S/C50H32O/c1-2-15-32(16-3-1)34-17-4-5-22-39(34)48(33-29-30-47-42(31-33)38-21-9-13-28-46(38)51-47)41-24-14-23-40-37-20-8-12-27-45(37)50(49(40)41)43-25-10-6-18-35(43)36-19-7-11-26-44(36)50/h1-31,48H. The van der Waals surface area contributed by atoms with Crippen molar-refractivity contribution >= 4 is 21.9 Å². The fourth-order valence-electron chi connectivity index (χ4n) is 9.51. The number of benzene rings is 8. The lowest BCUT2D eigenvalue weighted by atomic mass is 9.66. The highest BCUT2D eigenvalue weighted by molar-refractivity contribution is 6.05. The zero-order valence-electron chi connectivity index (χ0n) is 27.9. The van der Waals surface area contributed by atoms with Gasteiger partial charge in [0, 0.05) is 16.7 Å². The number of furan rings is 1. The van der Waals surface area contributed by atoms with E-state index in [4.69, 9.17) is 4.42 Å². The zero-order valence-corrected chi connectivity index (χ0v) is 27.9. The molecular formula is C50H32O. The molecule has 1 atom stereocenters. The second kappa shape index (κ2) is 10.8. The van der Waals surface area contributed by atoms with Crippen LogP contribution in [0.5, 0.6) is 0 Å². The maximum atomic E-state index is 6.36. The Hall–Kier alpha value is -6.44. The molecule has 0 saturated carbocycles. The Morgan fingerprint density at radius 1 is 0.373 bits per heavy atom. The Balaban J connectivity index is 1.28. The van der Waals surface area contributed by atoms with E-state index in [-0.39, 0.29) is 5.92 Å². The average Bonchev–Trinajstić information content (AvgIpc) is 3.83. The molecule has 51 heavy (non-hydrogen) atoms. The monoisotopic (exact) mass is 648 g/mol. The number of para-hydroxylation sites is 1. The summed E-state index contributed by atoms with van der Waals surface area (Å²) in [6, 6.07) is 69.4. The molecule has 8 aromatic carbocycles. The lowest BCUT2D eigenvalue weighted by Crippen LogP contribution is -2.28. The fourth-order valence-corrected chi connectivity index (χ4v) is 9.51. The Morgan fingerprint density at radius 3 is 1.63 bits per heavy atom. The molecule has 1 nitrogen and oxygen atoms in total. The van der Waals surface area contributed by atoms with Gasteiger partial charge in [-0.2, -0.15) is 0 Å². The number of rotatable bonds is 4. The molecule has 0 radical (unpaired) electrons. The molecule has 11 rings (SSSR count). The van der Waals surface area contributed by atoms with E-state index in [1.807, 2.05) is 6.07 Å². The first-order valence-corrected chi connectivity index (χ1v) is 17.8. The van der Waals surface area contributed by atoms with Crippen molar-refractivity contribution in [1.29, 1.82) is 0 Å². The van der Waals surface area contributed by atoms with Gasteiger partial charge in [-0.3, -0.25) is 0 Å². The van der Waals surface area contributed by atoms with E-state index in [0.29, 0.717) is 0 Å². The Kier molecular flexibility index (Phi) is 6.00. The summed E-state index contributed by atoms with van der Waals surface area (Å²) in [6.45, 7) is 0. The van der Waals surface area contributed by atoms with Gasteiger partial charge in [0.2, 0.25) is 0 Å². The van der Waals surface area contributed by atoms with Crippen molar-refractivity contribution in [1.82, 2.24) is 0 Å². The topological polar surface area (TPSA) is 13.1 Å². The highest BCUT2D eigenvalue weighted by atomic mass is 16.3. The van der Waals surface area contributed by atoms with E-state index in [2.05, 4.69) is 182 Å². The van der Waals surface area contributed by atoms with Gasteiger partial charge < -0.3 is 4.42 Å². The fraction of sp³-hybridized carbons (Fsp3) is 0.0400. The summed E-state index contributed by atoms with van der Waals surface area (Å²) >= 11 is 0. The molecule has 0 saturated heterocycles. The molecule has 0 amide bonds. The van der Waals surface area contributed by atoms with E-state index in [1.165, 1.54) is 72.3 Å². The summed E-state index contributed by atoms with van der Waals surface area (Å²) in [4.78, 5) is 0. The lowest BCUT2D eigenvalue weighted by molar-refractivity contribution is 0.668. The maximum Gasteiger partial charge on any atom is 0.135 e. The first-order valence-electron chi connectivity index (χ1n) is 17.8. The molecule has 1 aromatic heterocycles. The normalized spacial score (nSPS) is 14.0. The maximum absolute atomic E-state index is 6.36. The molecule has 0 fully saturated rings. The van der Waals surface area contributed by atoms with E-state index in [9.17, 15) is 0 Å². The number of hydrogen-bond donors (Lipinski definition) is 0. The third kappa shape index (κ3) is 3.86. The van der Waals surface area contributed by atoms with E-state index < -0.39 is 5.41 Å². The average molecular weight is 649 g/mol. The molecule has 238 valence electrons. The Bertz CT molecular complexity index is 2760. The predicted octanol–water partition coefficient (Wildman–Crippen LogP) is 12.8. The van der Waals surface area contributed by atoms with Gasteiger partial charge in [-0.1, -0.05) is 170 Å². The zero-order chi connectivity index (χ0) is 33.5. The Labute approximate surface area is 297 Å². The summed E-state index contributed by atoms with van der Waals surface area (Å²) < 4.78 is 6.36. The second-order valence-electron chi connectivity index (χ2n) is 13.9. The van der Waals surface area contributed by atoms with Gasteiger partial charge in [0.1, 0.15) is 11.2 Å². The summed E-state index contributed by atoms with van der Waals surface area (Å²) in [6.07, 6.45) is 0. The van der Waals surface area contributed by atoms with Crippen LogP contribution in [0.2, 0.25) is 0 Å². The predicted molar refractivity (Wildman–Crippen MR) is 209 cm³/mol. The van der Waals surface area contributed by atoms with Crippen molar-refractivity contribution in [3.05, 3.63) is 227 Å². The summed E-state index contributed by atoms with van der Waals surface area (Å²) in [5.41, 5.74) is 18.4. The molecule has 1 unspecified atom stereocenters. The minimum Gasteiger partial charge on any atom is -0.456 e. The van der Waals surface area contributed by atoms with E-state index in [1.54, 1.807) is 0 Å². The minimum absolute atomic E-state index is 0.0690. The number of hydrogen-bond acceptors (Lipinski definition) is 1. The van der Waals surface area contributed by atoms with Crippen molar-refractivity contribution < 1.29 is 4.42 Å². The molecule has 0 bridgehead atoms. The van der Waals surface area contributed by atoms with Gasteiger partial charge in [-0.05, 0) is 90.5 Å². The smallest absolute Gasteiger partial charge is 0.135 e. The van der Waals surface area contributed by atoms with Crippen LogP contribution in [0.1, 0.15) is 44.9 Å². The van der Waals surface area contributed by atoms with Gasteiger partial charge in [0.15, 0.2) is 0 Å². The van der Waals surface area contributed by atoms with Crippen molar-refractivity contribution in [3.63, 3.8) is 0 Å². The molecule has 0 N–H and O–H groups in total. The molecule has 1 spiro atoms. The van der Waals surface area contributed by atoms with Crippen LogP contribution < -0.4 is 0 Å². The van der Waals surface area contributed by atoms with Gasteiger partial charge in [-0.15, -0.1) is 0 Å². The second-order valence-corrected chi connectivity index (χ2v) is 13.9. The van der Waals surface area contributed by atoms with Crippen molar-refractivity contribution in [2.75, 3.05) is 0 Å². The van der Waals surface area contributed by atoms with Crippen LogP contribution in [-0.4, -0.2) is 0 Å². The van der Waals surface area contributed by atoms with Crippen molar-refractivity contribution in [2.45, 2.75) is 11.3 Å². The third-order valence-corrected chi connectivity index (χ3v) is 11.4. The molecule has 2 aliphatic carbocycles. The molecule has 9 aromatic rings. The van der Waals surface area contributed by atoms with Crippen LogP contribution >= 0.6 is 0 Å². The molecule has 1 heteroatoms. The lowest BCUT2D eigenvalue weighted by Gasteiger charge is -2.34. The van der Waals surface area contributed by atoms with Crippen molar-refractivity contribution in [3.8, 4) is 33.4 Å². The van der Waals surface area contributed by atoms with Crippen LogP contribution in [0, 0.1) is 0 Å². The number of fused-ring (bicyclic) bond motifs is 13. The van der Waals surface area contributed by atoms with Crippen molar-refractivity contribution in [2.24, 2.45) is 0 Å². The highest BCUT2D eigenvalue weighted by Crippen LogP contribution is 2.64. The summed E-state index contributed by atoms with van der Waals surface area (Å²) in [7, 11) is 0. The summed E-state index contributed by atoms with van der Waals surface area (Å²) in [5, 5.41) is 2.29. The summed E-state index contributed by atoms with van der Waals surface area (Å²) in [5.74, 6) is -0.0690. The first-order chi connectivity index (χ1) is 25.3. The van der Waals surface area contributed by atoms with Gasteiger partial charge in [0.25, 0.3) is 0 Å². The van der Waals surface area contributed by atoms with Crippen LogP contribution in [0.3, 0.4) is 0 Å². The molecule has 1 heterocycles. The van der Waals surface area contributed by atoms with Gasteiger partial charge in [0.05, 0.1) is 5.41 Å². The molecule has 2 aliphatic rings. The largest absolute Gasteiger partial charge is 0.456 e. The van der Waals surface area contributed by atoms with E-state index in [0.717, 1.165) is 21.9 Å². The van der Waals surface area contributed by atoms with Gasteiger partial charge in [-0.25, -0.2) is 0 Å². The SMILES string of the molecule is c1ccc(-c2ccccc2C(c2ccc3oc4ccccc4c3c2)c2cccc3c2C2(c4ccccc4-c4ccccc42)c2ccccc2-3)cc1. The van der Waals surface area contributed by atoms with Crippen LogP contribution in [-0.2, 0) is 5.41 Å². The third-order valence-electron chi connectivity index (χ3n) is 11.4. The quantitative estimate of drug-likeness (QED) is 0.173. The highest BCUT2D eigenvalue weighted by Gasteiger charge is 2.53. The van der Waals surface area contributed by atoms with Crippen LogP contribution in [0.4, 0.5) is 0 Å². The molecule has 0 aliphatic heterocycles.